The predicted octanol–water partition coefficient (Wildman–Crippen LogP) is 3.88. The van der Waals surface area contributed by atoms with Crippen LogP contribution in [-0.4, -0.2) is 21.5 Å². The number of benzene rings is 1. The first-order valence-corrected chi connectivity index (χ1v) is 8.46. The Morgan fingerprint density at radius 1 is 1.43 bits per heavy atom. The average molecular weight is 312 g/mol. The first kappa shape index (κ1) is 16.0. The van der Waals surface area contributed by atoms with Crippen molar-refractivity contribution in [3.05, 3.63) is 29.5 Å². The Morgan fingerprint density at radius 3 is 3.04 bits per heavy atom. The second-order valence-electron chi connectivity index (χ2n) is 6.15. The summed E-state index contributed by atoms with van der Waals surface area (Å²) in [7, 11) is 0. The number of ether oxygens (including phenoxy) is 1. The number of aliphatic hydroxyl groups excluding tert-OH is 1. The summed E-state index contributed by atoms with van der Waals surface area (Å²) in [6.45, 7) is 4.88. The third-order valence-electron chi connectivity index (χ3n) is 4.32. The zero-order valence-electron chi connectivity index (χ0n) is 13.9. The van der Waals surface area contributed by atoms with Gasteiger partial charge in [0, 0.05) is 18.4 Å². The smallest absolute Gasteiger partial charge is 0.150 e. The maximum atomic E-state index is 10.4. The number of aromatic nitrogens is 2. The fourth-order valence-corrected chi connectivity index (χ4v) is 3.04. The van der Waals surface area contributed by atoms with Crippen LogP contribution in [0.3, 0.4) is 0 Å². The molecule has 122 valence electrons. The standard InChI is InChI=1S/C19H24N2O2/c1-3-4-5-8-18(22)16-12-17-15(11-14(16)2)13-20-21(17)19-9-6-7-10-23-19/h11-13,18-19,22H,3-4,6-7,9-10H2,1-2H3. The number of fused-ring (bicyclic) bond motifs is 1. The van der Waals surface area contributed by atoms with Crippen LogP contribution >= 0.6 is 0 Å². The normalized spacial score (nSPS) is 19.3. The van der Waals surface area contributed by atoms with Crippen molar-refractivity contribution in [1.82, 2.24) is 9.78 Å². The first-order valence-electron chi connectivity index (χ1n) is 8.46. The van der Waals surface area contributed by atoms with Crippen molar-refractivity contribution in [3.8, 4) is 11.8 Å². The predicted molar refractivity (Wildman–Crippen MR) is 91.0 cm³/mol. The number of unbranched alkanes of at least 4 members (excludes halogenated alkanes) is 1. The highest BCUT2D eigenvalue weighted by Gasteiger charge is 2.20. The molecule has 23 heavy (non-hydrogen) atoms. The summed E-state index contributed by atoms with van der Waals surface area (Å²) in [6, 6.07) is 4.09. The van der Waals surface area contributed by atoms with E-state index in [1.165, 1.54) is 0 Å². The quantitative estimate of drug-likeness (QED) is 0.875. The summed E-state index contributed by atoms with van der Waals surface area (Å²) in [5.74, 6) is 5.97. The van der Waals surface area contributed by atoms with Gasteiger partial charge in [-0.15, -0.1) is 5.92 Å². The number of nitrogens with zero attached hydrogens (tertiary/aromatic N) is 2. The van der Waals surface area contributed by atoms with Crippen LogP contribution in [0.15, 0.2) is 18.3 Å². The van der Waals surface area contributed by atoms with Crippen molar-refractivity contribution in [3.63, 3.8) is 0 Å². The van der Waals surface area contributed by atoms with E-state index in [2.05, 4.69) is 29.9 Å². The van der Waals surface area contributed by atoms with E-state index in [-0.39, 0.29) is 6.23 Å². The lowest BCUT2D eigenvalue weighted by atomic mass is 10.0. The van der Waals surface area contributed by atoms with Gasteiger partial charge in [-0.2, -0.15) is 5.10 Å². The second kappa shape index (κ2) is 7.16. The van der Waals surface area contributed by atoms with Gasteiger partial charge in [0.15, 0.2) is 6.23 Å². The highest BCUT2D eigenvalue weighted by Crippen LogP contribution is 2.29. The summed E-state index contributed by atoms with van der Waals surface area (Å²) in [4.78, 5) is 0. The van der Waals surface area contributed by atoms with E-state index in [9.17, 15) is 5.11 Å². The molecule has 1 N–H and O–H groups in total. The van der Waals surface area contributed by atoms with Crippen molar-refractivity contribution < 1.29 is 9.84 Å². The molecule has 3 rings (SSSR count). The molecule has 2 heterocycles. The Labute approximate surface area is 137 Å². The van der Waals surface area contributed by atoms with Gasteiger partial charge in [-0.05, 0) is 55.9 Å². The first-order chi connectivity index (χ1) is 11.2. The van der Waals surface area contributed by atoms with E-state index < -0.39 is 6.10 Å². The molecule has 0 spiro atoms. The number of aryl methyl sites for hydroxylation is 1. The van der Waals surface area contributed by atoms with Gasteiger partial charge in [-0.3, -0.25) is 0 Å². The van der Waals surface area contributed by atoms with Crippen LogP contribution < -0.4 is 0 Å². The lowest BCUT2D eigenvalue weighted by Crippen LogP contribution is -2.19. The fourth-order valence-electron chi connectivity index (χ4n) is 3.04. The van der Waals surface area contributed by atoms with Crippen LogP contribution in [0.2, 0.25) is 0 Å². The van der Waals surface area contributed by atoms with Gasteiger partial charge in [0.2, 0.25) is 0 Å². The second-order valence-corrected chi connectivity index (χ2v) is 6.15. The highest BCUT2D eigenvalue weighted by molar-refractivity contribution is 5.80. The van der Waals surface area contributed by atoms with E-state index in [1.54, 1.807) is 0 Å². The van der Waals surface area contributed by atoms with E-state index in [1.807, 2.05) is 23.9 Å². The molecule has 1 fully saturated rings. The maximum Gasteiger partial charge on any atom is 0.150 e. The molecule has 1 aromatic carbocycles. The molecule has 0 bridgehead atoms. The van der Waals surface area contributed by atoms with Crippen LogP contribution in [-0.2, 0) is 4.74 Å². The molecular formula is C19H24N2O2. The van der Waals surface area contributed by atoms with Gasteiger partial charge >= 0.3 is 0 Å². The summed E-state index contributed by atoms with van der Waals surface area (Å²) < 4.78 is 7.80. The van der Waals surface area contributed by atoms with Crippen LogP contribution in [0, 0.1) is 18.8 Å². The van der Waals surface area contributed by atoms with Gasteiger partial charge in [0.1, 0.15) is 6.10 Å². The van der Waals surface area contributed by atoms with Crippen LogP contribution in [0.25, 0.3) is 10.9 Å². The molecule has 1 aromatic heterocycles. The number of hydrogen-bond donors (Lipinski definition) is 1. The van der Waals surface area contributed by atoms with E-state index in [0.29, 0.717) is 0 Å². The molecule has 2 atom stereocenters. The minimum atomic E-state index is -0.749. The minimum absolute atomic E-state index is 0.000115. The maximum absolute atomic E-state index is 10.4. The third kappa shape index (κ3) is 3.41. The molecule has 0 saturated carbocycles. The van der Waals surface area contributed by atoms with Gasteiger partial charge in [0.05, 0.1) is 11.7 Å². The molecule has 2 aromatic rings. The molecule has 1 aliphatic rings. The van der Waals surface area contributed by atoms with Crippen molar-refractivity contribution in [2.75, 3.05) is 6.61 Å². The molecule has 0 aliphatic carbocycles. The van der Waals surface area contributed by atoms with Crippen molar-refractivity contribution in [1.29, 1.82) is 0 Å². The zero-order chi connectivity index (χ0) is 16.2. The van der Waals surface area contributed by atoms with Crippen LogP contribution in [0.5, 0.6) is 0 Å². The molecule has 4 nitrogen and oxygen atoms in total. The molecule has 0 amide bonds. The Kier molecular flexibility index (Phi) is 5.00. The van der Waals surface area contributed by atoms with E-state index >= 15 is 0 Å². The number of rotatable bonds is 3. The number of hydrogen-bond acceptors (Lipinski definition) is 3. The van der Waals surface area contributed by atoms with Crippen LogP contribution in [0.1, 0.15) is 62.5 Å². The Morgan fingerprint density at radius 2 is 2.30 bits per heavy atom. The average Bonchev–Trinajstić information content (AvgIpc) is 2.97. The Balaban J connectivity index is 1.96. The molecular weight excluding hydrogens is 288 g/mol. The van der Waals surface area contributed by atoms with Crippen molar-refractivity contribution >= 4 is 10.9 Å². The third-order valence-corrected chi connectivity index (χ3v) is 4.32. The van der Waals surface area contributed by atoms with Crippen molar-refractivity contribution in [2.24, 2.45) is 0 Å². The number of aliphatic hydroxyl groups is 1. The molecule has 4 heteroatoms. The summed E-state index contributed by atoms with van der Waals surface area (Å²) >= 11 is 0. The molecule has 0 radical (unpaired) electrons. The van der Waals surface area contributed by atoms with E-state index in [0.717, 1.165) is 60.7 Å². The zero-order valence-corrected chi connectivity index (χ0v) is 13.9. The molecule has 1 saturated heterocycles. The van der Waals surface area contributed by atoms with Crippen molar-refractivity contribution in [2.45, 2.75) is 58.3 Å². The fraction of sp³-hybridized carbons (Fsp3) is 0.526. The molecule has 2 unspecified atom stereocenters. The Hall–Kier alpha value is -1.83. The van der Waals surface area contributed by atoms with Gasteiger partial charge in [0.25, 0.3) is 0 Å². The van der Waals surface area contributed by atoms with Gasteiger partial charge < -0.3 is 9.84 Å². The van der Waals surface area contributed by atoms with E-state index in [4.69, 9.17) is 4.74 Å². The van der Waals surface area contributed by atoms with Gasteiger partial charge in [-0.25, -0.2) is 4.68 Å². The lowest BCUT2D eigenvalue weighted by Gasteiger charge is -2.23. The highest BCUT2D eigenvalue weighted by atomic mass is 16.5. The van der Waals surface area contributed by atoms with Crippen LogP contribution in [0.4, 0.5) is 0 Å². The minimum Gasteiger partial charge on any atom is -0.376 e. The lowest BCUT2D eigenvalue weighted by molar-refractivity contribution is -0.0366. The Bertz CT molecular complexity index is 733. The SMILES string of the molecule is CCCC#CC(O)c1cc2c(cnn2C2CCCCO2)cc1C. The topological polar surface area (TPSA) is 47.3 Å². The monoisotopic (exact) mass is 312 g/mol. The summed E-state index contributed by atoms with van der Waals surface area (Å²) in [5.41, 5.74) is 2.91. The largest absolute Gasteiger partial charge is 0.376 e. The summed E-state index contributed by atoms with van der Waals surface area (Å²) in [5, 5.41) is 16.0. The molecule has 1 aliphatic heterocycles. The summed E-state index contributed by atoms with van der Waals surface area (Å²) in [6.07, 6.45) is 6.21. The van der Waals surface area contributed by atoms with Gasteiger partial charge in [-0.1, -0.05) is 12.8 Å².